The molecule has 1 aliphatic heterocycles. The summed E-state index contributed by atoms with van der Waals surface area (Å²) in [5.74, 6) is -3.14. The Labute approximate surface area is 290 Å². The van der Waals surface area contributed by atoms with Crippen molar-refractivity contribution >= 4 is 50.4 Å². The molecule has 1 saturated heterocycles. The van der Waals surface area contributed by atoms with Gasteiger partial charge in [-0.1, -0.05) is 17.3 Å². The lowest BCUT2D eigenvalue weighted by Gasteiger charge is -2.50. The molecule has 4 rings (SSSR count). The number of thiazole rings is 1. The van der Waals surface area contributed by atoms with Gasteiger partial charge in [0.25, 0.3) is 17.9 Å². The number of ether oxygens (including phenoxy) is 1. The molecule has 2 aromatic heterocycles. The molecule has 2 amide bonds. The minimum absolute atomic E-state index is 0.0168. The molecule has 19 nitrogen and oxygen atoms in total. The van der Waals surface area contributed by atoms with Crippen LogP contribution in [0.25, 0.3) is 11.1 Å². The zero-order valence-electron chi connectivity index (χ0n) is 27.2. The van der Waals surface area contributed by atoms with Gasteiger partial charge in [-0.2, -0.15) is 13.5 Å². The molecule has 10 N–H and O–H groups in total. The third-order valence-electron chi connectivity index (χ3n) is 7.62. The zero-order chi connectivity index (χ0) is 36.8. The number of carboxylic acid groups (broad SMARTS) is 1. The fourth-order valence-electron chi connectivity index (χ4n) is 4.70. The van der Waals surface area contributed by atoms with E-state index in [9.17, 15) is 27.9 Å². The molecule has 1 unspecified atom stereocenters. The number of hydrogen-bond donors (Lipinski definition) is 7. The number of nitrogens with one attached hydrogen (secondary N) is 2. The summed E-state index contributed by atoms with van der Waals surface area (Å²) in [6.07, 6.45) is 0.278. The highest BCUT2D eigenvalue weighted by molar-refractivity contribution is 7.80. The number of amides is 2. The number of hydroxylamine groups is 2. The number of carbonyl (C=O) groups is 3. The lowest BCUT2D eigenvalue weighted by atomic mass is 9.84. The van der Waals surface area contributed by atoms with Crippen molar-refractivity contribution in [3.8, 4) is 16.9 Å². The van der Waals surface area contributed by atoms with Gasteiger partial charge in [-0.25, -0.2) is 14.3 Å². The smallest absolute Gasteiger partial charge is 0.418 e. The average molecular weight is 737 g/mol. The van der Waals surface area contributed by atoms with E-state index in [1.807, 2.05) is 29.9 Å². The van der Waals surface area contributed by atoms with Crippen LogP contribution in [0.5, 0.6) is 5.75 Å². The summed E-state index contributed by atoms with van der Waals surface area (Å²) in [5, 5.41) is 21.0. The third-order valence-corrected chi connectivity index (χ3v) is 8.63. The number of nitrogen functional groups attached to an aromatic ring is 1. The monoisotopic (exact) mass is 736 g/mol. The van der Waals surface area contributed by atoms with Crippen molar-refractivity contribution in [2.24, 2.45) is 23.7 Å². The maximum absolute atomic E-state index is 13.2. The summed E-state index contributed by atoms with van der Waals surface area (Å²) in [7, 11) is -3.10. The largest absolute Gasteiger partial charge is 0.489 e. The van der Waals surface area contributed by atoms with Crippen molar-refractivity contribution in [2.75, 3.05) is 25.4 Å². The Hall–Kier alpha value is -4.77. The van der Waals surface area contributed by atoms with Gasteiger partial charge in [0, 0.05) is 36.1 Å². The van der Waals surface area contributed by atoms with Gasteiger partial charge >= 0.3 is 16.4 Å². The molecule has 0 radical (unpaired) electrons. The number of carbonyl (C=O) groups excluding carboxylic acids is 2. The topological polar surface area (TPSA) is 288 Å². The summed E-state index contributed by atoms with van der Waals surface area (Å²) >= 11 is 0.957. The molecule has 3 aromatic rings. The number of aryl methyl sites for hydroxylation is 1. The number of nitrogens with zero attached hydrogens (tertiary/aromatic N) is 4. The highest BCUT2D eigenvalue weighted by Gasteiger charge is 2.58. The Balaban J connectivity index is 1.42. The van der Waals surface area contributed by atoms with E-state index in [-0.39, 0.29) is 16.9 Å². The predicted octanol–water partition coefficient (Wildman–Crippen LogP) is -1.31. The van der Waals surface area contributed by atoms with Crippen LogP contribution in [-0.2, 0) is 47.5 Å². The van der Waals surface area contributed by atoms with Gasteiger partial charge in [-0.05, 0) is 37.6 Å². The number of hydrogen-bond acceptors (Lipinski definition) is 15. The number of oxime groups is 1. The van der Waals surface area contributed by atoms with Crippen molar-refractivity contribution < 1.29 is 50.9 Å². The normalized spacial score (nSPS) is 16.5. The number of nitrogens with two attached hydrogens (primary N) is 3. The first kappa shape index (κ1) is 38.0. The van der Waals surface area contributed by atoms with Crippen LogP contribution in [0.4, 0.5) is 5.13 Å². The van der Waals surface area contributed by atoms with E-state index in [2.05, 4.69) is 25.1 Å². The molecule has 0 spiro atoms. The highest BCUT2D eigenvalue weighted by Crippen LogP contribution is 2.33. The van der Waals surface area contributed by atoms with Gasteiger partial charge in [0.1, 0.15) is 31.1 Å². The van der Waals surface area contributed by atoms with Crippen molar-refractivity contribution in [3.63, 3.8) is 0 Å². The van der Waals surface area contributed by atoms with E-state index in [1.165, 1.54) is 19.2 Å². The Morgan fingerprint density at radius 2 is 1.82 bits per heavy atom. The molecule has 1 aromatic carbocycles. The first-order chi connectivity index (χ1) is 23.5. The standard InChI is InChI=1S/C29H37N9O10S2/c1-29(2)24(26(40)38(29)48-50(43,44)45)35-25(39)23(21-15-49-28(32)34-21)36-47-22(27(41)42)14-46-20-8-5-16(6-9-20)17-4-7-19(37(3)13-17)12-33-18(10-30)11-31/h4-9,13,15,18,22,24,33H,10-12,14,30-31H2,1-3H3,(H4-,32,34,35,39,41,42,43,44,45)/p+1/b36-23-/t22?,24-/m1/s1. The van der Waals surface area contributed by atoms with Crippen LogP contribution in [0, 0.1) is 0 Å². The number of benzene rings is 1. The molecule has 0 aliphatic carbocycles. The van der Waals surface area contributed by atoms with Crippen molar-refractivity contribution in [3.05, 3.63) is 59.4 Å². The molecule has 270 valence electrons. The van der Waals surface area contributed by atoms with Gasteiger partial charge < -0.3 is 42.5 Å². The molecule has 3 heterocycles. The second kappa shape index (κ2) is 15.8. The summed E-state index contributed by atoms with van der Waals surface area (Å²) in [6, 6.07) is 9.55. The van der Waals surface area contributed by atoms with Crippen LogP contribution >= 0.6 is 11.3 Å². The molecule has 0 bridgehead atoms. The fraction of sp³-hybridized carbons (Fsp3) is 0.379. The first-order valence-corrected chi connectivity index (χ1v) is 17.1. The molecule has 21 heteroatoms. The lowest BCUT2D eigenvalue weighted by Crippen LogP contribution is -2.76. The predicted molar refractivity (Wildman–Crippen MR) is 178 cm³/mol. The molecule has 2 atom stereocenters. The zero-order valence-corrected chi connectivity index (χ0v) is 28.8. The second-order valence-corrected chi connectivity index (χ2v) is 13.4. The second-order valence-electron chi connectivity index (χ2n) is 11.5. The van der Waals surface area contributed by atoms with Crippen molar-refractivity contribution in [2.45, 2.75) is 44.1 Å². The van der Waals surface area contributed by atoms with Crippen LogP contribution < -0.4 is 37.1 Å². The Bertz CT molecular complexity index is 1850. The Morgan fingerprint density at radius 1 is 1.16 bits per heavy atom. The molecular formula is C29H38N9O10S2+. The minimum atomic E-state index is -5.02. The van der Waals surface area contributed by atoms with E-state index < -0.39 is 58.2 Å². The molecular weight excluding hydrogens is 699 g/mol. The number of carboxylic acids is 1. The summed E-state index contributed by atoms with van der Waals surface area (Å²) in [4.78, 5) is 47.0. The van der Waals surface area contributed by atoms with Crippen molar-refractivity contribution in [1.82, 2.24) is 20.7 Å². The van der Waals surface area contributed by atoms with Gasteiger partial charge in [-0.15, -0.1) is 15.6 Å². The van der Waals surface area contributed by atoms with Crippen molar-refractivity contribution in [1.29, 1.82) is 0 Å². The van der Waals surface area contributed by atoms with E-state index in [1.54, 1.807) is 24.3 Å². The number of pyridine rings is 1. The number of anilines is 1. The van der Waals surface area contributed by atoms with Gasteiger partial charge in [0.15, 0.2) is 22.7 Å². The van der Waals surface area contributed by atoms with Gasteiger partial charge in [-0.3, -0.25) is 14.1 Å². The number of β-lactam (4-membered cyclic amide) rings is 1. The Morgan fingerprint density at radius 3 is 2.36 bits per heavy atom. The van der Waals surface area contributed by atoms with Gasteiger partial charge in [0.2, 0.25) is 0 Å². The average Bonchev–Trinajstić information content (AvgIpc) is 3.50. The van der Waals surface area contributed by atoms with Crippen LogP contribution in [0.3, 0.4) is 0 Å². The Kier molecular flexibility index (Phi) is 12.1. The molecule has 50 heavy (non-hydrogen) atoms. The van der Waals surface area contributed by atoms with E-state index in [4.69, 9.17) is 31.3 Å². The number of aliphatic carboxylic acids is 1. The fourth-order valence-corrected chi connectivity index (χ4v) is 5.70. The molecule has 1 fully saturated rings. The van der Waals surface area contributed by atoms with Crippen LogP contribution in [0.2, 0.25) is 0 Å². The van der Waals surface area contributed by atoms with Gasteiger partial charge in [0.05, 0.1) is 12.1 Å². The van der Waals surface area contributed by atoms with E-state index in [0.717, 1.165) is 28.2 Å². The summed E-state index contributed by atoms with van der Waals surface area (Å²) < 4.78 is 43.1. The lowest BCUT2D eigenvalue weighted by molar-refractivity contribution is -0.679. The SMILES string of the molecule is C[n+]1cc(-c2ccc(OCC(O/N=C(\C(=O)N[C@@H]3C(=O)N(OS(=O)(=O)O)C3(C)C)c3csc(N)n3)C(=O)O)cc2)ccc1CNC(CN)CN. The summed E-state index contributed by atoms with van der Waals surface area (Å²) in [5.41, 5.74) is 17.9. The van der Waals surface area contributed by atoms with Crippen LogP contribution in [0.1, 0.15) is 25.2 Å². The van der Waals surface area contributed by atoms with Crippen LogP contribution in [-0.4, -0.2) is 95.0 Å². The molecule has 1 aliphatic rings. The highest BCUT2D eigenvalue weighted by atomic mass is 32.3. The maximum Gasteiger partial charge on any atom is 0.418 e. The summed E-state index contributed by atoms with van der Waals surface area (Å²) in [6.45, 7) is 3.67. The molecule has 0 saturated carbocycles. The number of aromatic nitrogens is 2. The minimum Gasteiger partial charge on any atom is -0.489 e. The van der Waals surface area contributed by atoms with E-state index >= 15 is 0 Å². The maximum atomic E-state index is 13.2. The van der Waals surface area contributed by atoms with E-state index in [0.29, 0.717) is 30.4 Å². The first-order valence-electron chi connectivity index (χ1n) is 14.9. The van der Waals surface area contributed by atoms with Crippen LogP contribution in [0.15, 0.2) is 53.1 Å². The number of rotatable bonds is 17. The quantitative estimate of drug-likeness (QED) is 0.0278. The third kappa shape index (κ3) is 9.26.